The molecular weight excluding hydrogens is 301 g/mol. The molecule has 0 fully saturated rings. The molecule has 0 radical (unpaired) electrons. The Morgan fingerprint density at radius 1 is 1.38 bits per heavy atom. The number of rotatable bonds is 7. The molecule has 0 spiro atoms. The molecule has 0 saturated carbocycles. The minimum atomic E-state index is -4.23. The van der Waals surface area contributed by atoms with Crippen molar-refractivity contribution in [2.45, 2.75) is 33.0 Å². The number of hydrogen-bond acceptors (Lipinski definition) is 4. The first-order chi connectivity index (χ1) is 9.96. The molecule has 0 saturated heterocycles. The number of hydrogen-bond donors (Lipinski definition) is 1. The number of halogens is 3. The first-order valence-electron chi connectivity index (χ1n) is 6.93. The van der Waals surface area contributed by atoms with E-state index in [0.717, 1.165) is 23.6 Å². The topological polar surface area (TPSA) is 32.6 Å². The van der Waals surface area contributed by atoms with Gasteiger partial charge in [0.25, 0.3) is 0 Å². The molecule has 4 nitrogen and oxygen atoms in total. The second kappa shape index (κ2) is 6.65. The van der Waals surface area contributed by atoms with E-state index in [0.29, 0.717) is 12.4 Å². The molecule has 0 aliphatic carbocycles. The number of fused-ring (bicyclic) bond motifs is 1. The third-order valence-corrected chi connectivity index (χ3v) is 3.87. The minimum Gasteiger partial charge on any atom is -0.346 e. The van der Waals surface area contributed by atoms with Gasteiger partial charge in [-0.1, -0.05) is 6.92 Å². The van der Waals surface area contributed by atoms with Gasteiger partial charge in [0.15, 0.2) is 10.8 Å². The molecule has 2 aromatic rings. The van der Waals surface area contributed by atoms with Crippen molar-refractivity contribution >= 4 is 22.1 Å². The fourth-order valence-corrected chi connectivity index (χ4v) is 2.90. The quantitative estimate of drug-likeness (QED) is 0.795. The van der Waals surface area contributed by atoms with Gasteiger partial charge in [-0.3, -0.25) is 4.40 Å². The molecule has 118 valence electrons. The van der Waals surface area contributed by atoms with Crippen molar-refractivity contribution in [3.63, 3.8) is 0 Å². The number of aromatic nitrogens is 2. The van der Waals surface area contributed by atoms with Gasteiger partial charge in [0.2, 0.25) is 0 Å². The van der Waals surface area contributed by atoms with Crippen molar-refractivity contribution in [2.24, 2.45) is 0 Å². The summed E-state index contributed by atoms with van der Waals surface area (Å²) >= 11 is 1.42. The van der Waals surface area contributed by atoms with Crippen LogP contribution in [-0.2, 0) is 6.54 Å². The Morgan fingerprint density at radius 2 is 2.14 bits per heavy atom. The van der Waals surface area contributed by atoms with E-state index in [9.17, 15) is 13.2 Å². The second-order valence-electron chi connectivity index (χ2n) is 4.74. The van der Waals surface area contributed by atoms with Gasteiger partial charge in [-0.2, -0.15) is 13.2 Å². The van der Waals surface area contributed by atoms with Gasteiger partial charge < -0.3 is 10.2 Å². The van der Waals surface area contributed by atoms with Crippen molar-refractivity contribution in [1.82, 2.24) is 14.7 Å². The Morgan fingerprint density at radius 3 is 2.76 bits per heavy atom. The lowest BCUT2D eigenvalue weighted by atomic mass is 10.3. The van der Waals surface area contributed by atoms with E-state index in [4.69, 9.17) is 0 Å². The molecular formula is C13H19F3N4S. The maximum Gasteiger partial charge on any atom is 0.405 e. The van der Waals surface area contributed by atoms with Gasteiger partial charge in [-0.25, -0.2) is 4.98 Å². The van der Waals surface area contributed by atoms with Crippen LogP contribution in [0.2, 0.25) is 0 Å². The van der Waals surface area contributed by atoms with Gasteiger partial charge in [0.05, 0.1) is 5.69 Å². The molecule has 0 atom stereocenters. The van der Waals surface area contributed by atoms with Crippen molar-refractivity contribution < 1.29 is 13.2 Å². The molecule has 2 rings (SSSR count). The fourth-order valence-electron chi connectivity index (χ4n) is 2.18. The van der Waals surface area contributed by atoms with Crippen LogP contribution in [0.1, 0.15) is 26.0 Å². The number of nitrogens with one attached hydrogen (secondary N) is 1. The minimum absolute atomic E-state index is 0.269. The molecule has 0 bridgehead atoms. The van der Waals surface area contributed by atoms with Crippen LogP contribution in [0, 0.1) is 0 Å². The van der Waals surface area contributed by atoms with Crippen LogP contribution in [0.15, 0.2) is 11.6 Å². The van der Waals surface area contributed by atoms with Crippen LogP contribution in [0.3, 0.4) is 0 Å². The Hall–Kier alpha value is -1.28. The van der Waals surface area contributed by atoms with Crippen LogP contribution in [0.5, 0.6) is 0 Å². The molecule has 0 aliphatic rings. The van der Waals surface area contributed by atoms with Gasteiger partial charge in [0.1, 0.15) is 6.54 Å². The van der Waals surface area contributed by atoms with E-state index in [2.05, 4.69) is 10.3 Å². The van der Waals surface area contributed by atoms with E-state index < -0.39 is 12.7 Å². The Bertz CT molecular complexity index is 575. The van der Waals surface area contributed by atoms with Crippen molar-refractivity contribution in [3.8, 4) is 0 Å². The lowest BCUT2D eigenvalue weighted by Crippen LogP contribution is -2.35. The first-order valence-corrected chi connectivity index (χ1v) is 7.81. The third kappa shape index (κ3) is 3.88. The maximum absolute atomic E-state index is 12.7. The predicted octanol–water partition coefficient (Wildman–Crippen LogP) is 3.28. The molecule has 21 heavy (non-hydrogen) atoms. The average molecular weight is 320 g/mol. The molecule has 2 heterocycles. The summed E-state index contributed by atoms with van der Waals surface area (Å²) in [7, 11) is 0. The summed E-state index contributed by atoms with van der Waals surface area (Å²) in [5.41, 5.74) is 0.783. The summed E-state index contributed by atoms with van der Waals surface area (Å²) in [5, 5.41) is 5.12. The zero-order valence-electron chi connectivity index (χ0n) is 12.1. The standard InChI is InChI=1S/C13H19F3N4S/c1-3-5-17-8-10-11(18-12-20(10)6-7-21-12)19(4-2)9-13(14,15)16/h6-7,17H,3-5,8-9H2,1-2H3. The monoisotopic (exact) mass is 320 g/mol. The highest BCUT2D eigenvalue weighted by molar-refractivity contribution is 7.15. The molecule has 2 aromatic heterocycles. The highest BCUT2D eigenvalue weighted by Gasteiger charge is 2.32. The number of anilines is 1. The van der Waals surface area contributed by atoms with Crippen LogP contribution < -0.4 is 10.2 Å². The van der Waals surface area contributed by atoms with Crippen LogP contribution in [0.4, 0.5) is 19.0 Å². The van der Waals surface area contributed by atoms with E-state index in [-0.39, 0.29) is 6.54 Å². The molecule has 0 amide bonds. The normalized spacial score (nSPS) is 12.2. The smallest absolute Gasteiger partial charge is 0.346 e. The molecule has 8 heteroatoms. The summed E-state index contributed by atoms with van der Waals surface area (Å²) < 4.78 is 40.0. The summed E-state index contributed by atoms with van der Waals surface area (Å²) in [6.45, 7) is 4.38. The summed E-state index contributed by atoms with van der Waals surface area (Å²) in [5.74, 6) is 0.422. The number of nitrogens with zero attached hydrogens (tertiary/aromatic N) is 3. The van der Waals surface area contributed by atoms with E-state index in [1.165, 1.54) is 16.2 Å². The maximum atomic E-state index is 12.7. The number of thiazole rings is 1. The number of imidazole rings is 1. The lowest BCUT2D eigenvalue weighted by molar-refractivity contribution is -0.119. The zero-order valence-corrected chi connectivity index (χ0v) is 12.9. The highest BCUT2D eigenvalue weighted by atomic mass is 32.1. The van der Waals surface area contributed by atoms with Crippen LogP contribution >= 0.6 is 11.3 Å². The third-order valence-electron chi connectivity index (χ3n) is 3.11. The summed E-state index contributed by atoms with van der Waals surface area (Å²) in [4.78, 5) is 6.38. The molecule has 0 unspecified atom stereocenters. The largest absolute Gasteiger partial charge is 0.405 e. The highest BCUT2D eigenvalue weighted by Crippen LogP contribution is 2.27. The molecule has 0 aromatic carbocycles. The SMILES string of the molecule is CCCNCc1c(N(CC)CC(F)(F)F)nc2sccn12. The van der Waals surface area contributed by atoms with Gasteiger partial charge in [-0.15, -0.1) is 11.3 Å². The second-order valence-corrected chi connectivity index (χ2v) is 5.62. The fraction of sp³-hybridized carbons (Fsp3) is 0.615. The zero-order chi connectivity index (χ0) is 15.5. The Kier molecular flexibility index (Phi) is 5.10. The van der Waals surface area contributed by atoms with E-state index >= 15 is 0 Å². The molecule has 1 N–H and O–H groups in total. The Labute approximate surface area is 125 Å². The van der Waals surface area contributed by atoms with Crippen molar-refractivity contribution in [3.05, 3.63) is 17.3 Å². The van der Waals surface area contributed by atoms with Gasteiger partial charge in [-0.05, 0) is 19.9 Å². The predicted molar refractivity (Wildman–Crippen MR) is 79.0 cm³/mol. The van der Waals surface area contributed by atoms with Gasteiger partial charge in [0, 0.05) is 24.7 Å². The van der Waals surface area contributed by atoms with Crippen LogP contribution in [0.25, 0.3) is 4.96 Å². The van der Waals surface area contributed by atoms with Crippen LogP contribution in [-0.4, -0.2) is 35.2 Å². The number of alkyl halides is 3. The van der Waals surface area contributed by atoms with Gasteiger partial charge >= 0.3 is 6.18 Å². The summed E-state index contributed by atoms with van der Waals surface area (Å²) in [6, 6.07) is 0. The molecule has 0 aliphatic heterocycles. The van der Waals surface area contributed by atoms with E-state index in [1.54, 1.807) is 6.92 Å². The summed E-state index contributed by atoms with van der Waals surface area (Å²) in [6.07, 6.45) is -1.41. The van der Waals surface area contributed by atoms with Crippen molar-refractivity contribution in [2.75, 3.05) is 24.5 Å². The van der Waals surface area contributed by atoms with E-state index in [1.807, 2.05) is 22.9 Å². The van der Waals surface area contributed by atoms with Crippen molar-refractivity contribution in [1.29, 1.82) is 0 Å². The Balaban J connectivity index is 2.31. The first kappa shape index (κ1) is 16.1. The lowest BCUT2D eigenvalue weighted by Gasteiger charge is -2.23. The average Bonchev–Trinajstić information content (AvgIpc) is 2.97.